The Hall–Kier alpha value is -3.55. The van der Waals surface area contributed by atoms with Gasteiger partial charge in [0.25, 0.3) is 5.91 Å². The van der Waals surface area contributed by atoms with Crippen LogP contribution in [0.25, 0.3) is 11.3 Å². The fourth-order valence-corrected chi connectivity index (χ4v) is 3.52. The maximum absolute atomic E-state index is 12.8. The van der Waals surface area contributed by atoms with E-state index < -0.39 is 0 Å². The van der Waals surface area contributed by atoms with Crippen LogP contribution in [-0.2, 0) is 12.8 Å². The summed E-state index contributed by atoms with van der Waals surface area (Å²) in [4.78, 5) is 30.0. The highest BCUT2D eigenvalue weighted by Crippen LogP contribution is 2.33. The maximum Gasteiger partial charge on any atom is 0.255 e. The predicted octanol–water partition coefficient (Wildman–Crippen LogP) is 2.11. The van der Waals surface area contributed by atoms with Crippen LogP contribution in [0.4, 0.5) is 5.95 Å². The molecule has 142 valence electrons. The highest BCUT2D eigenvalue weighted by molar-refractivity contribution is 5.98. The van der Waals surface area contributed by atoms with E-state index in [1.54, 1.807) is 19.5 Å². The van der Waals surface area contributed by atoms with E-state index in [9.17, 15) is 4.79 Å². The van der Waals surface area contributed by atoms with Crippen molar-refractivity contribution in [3.05, 3.63) is 59.2 Å². The first kappa shape index (κ1) is 17.8. The van der Waals surface area contributed by atoms with Crippen LogP contribution in [-0.4, -0.2) is 33.0 Å². The van der Waals surface area contributed by atoms with Gasteiger partial charge in [-0.3, -0.25) is 9.78 Å². The average Bonchev–Trinajstić information content (AvgIpc) is 2.72. The van der Waals surface area contributed by atoms with Crippen molar-refractivity contribution in [2.24, 2.45) is 0 Å². The number of nitrogens with one attached hydrogen (secondary N) is 1. The maximum atomic E-state index is 12.8. The van der Waals surface area contributed by atoms with Crippen LogP contribution < -0.4 is 15.8 Å². The lowest BCUT2D eigenvalue weighted by atomic mass is 9.90. The number of hydrogen-bond donors (Lipinski definition) is 2. The molecule has 3 aromatic rings. The second kappa shape index (κ2) is 7.22. The van der Waals surface area contributed by atoms with E-state index in [1.165, 1.54) is 0 Å². The smallest absolute Gasteiger partial charge is 0.255 e. The van der Waals surface area contributed by atoms with E-state index in [1.807, 2.05) is 31.2 Å². The number of nitrogens with zero attached hydrogens (tertiary/aromatic N) is 4. The van der Waals surface area contributed by atoms with E-state index in [2.05, 4.69) is 25.3 Å². The van der Waals surface area contributed by atoms with Crippen LogP contribution >= 0.6 is 0 Å². The summed E-state index contributed by atoms with van der Waals surface area (Å²) in [5.41, 5.74) is 10.2. The number of methoxy groups -OCH3 is 1. The Morgan fingerprint density at radius 3 is 2.82 bits per heavy atom. The summed E-state index contributed by atoms with van der Waals surface area (Å²) >= 11 is 0. The minimum atomic E-state index is -0.261. The van der Waals surface area contributed by atoms with E-state index in [-0.39, 0.29) is 17.9 Å². The van der Waals surface area contributed by atoms with Crippen molar-refractivity contribution < 1.29 is 9.53 Å². The number of fused-ring (bicyclic) bond motifs is 1. The summed E-state index contributed by atoms with van der Waals surface area (Å²) in [6.45, 7) is 1.94. The first-order valence-corrected chi connectivity index (χ1v) is 9.02. The molecule has 0 saturated heterocycles. The molecule has 3 heterocycles. The molecule has 8 nitrogen and oxygen atoms in total. The molecular weight excluding hydrogens is 356 g/mol. The van der Waals surface area contributed by atoms with Gasteiger partial charge in [-0.25, -0.2) is 15.0 Å². The van der Waals surface area contributed by atoms with Crippen molar-refractivity contribution >= 4 is 11.9 Å². The quantitative estimate of drug-likeness (QED) is 0.716. The van der Waals surface area contributed by atoms with E-state index in [4.69, 9.17) is 10.5 Å². The van der Waals surface area contributed by atoms with Crippen LogP contribution in [0, 0.1) is 0 Å². The third-order valence-corrected chi connectivity index (χ3v) is 4.77. The molecule has 1 aromatic carbocycles. The van der Waals surface area contributed by atoms with Crippen LogP contribution in [0.2, 0.25) is 0 Å². The van der Waals surface area contributed by atoms with Gasteiger partial charge in [0.15, 0.2) is 0 Å². The third kappa shape index (κ3) is 3.13. The number of amides is 1. The van der Waals surface area contributed by atoms with Crippen LogP contribution in [0.1, 0.15) is 40.3 Å². The van der Waals surface area contributed by atoms with Gasteiger partial charge in [-0.05, 0) is 12.0 Å². The number of carbonyl (C=O) groups is 1. The molecule has 28 heavy (non-hydrogen) atoms. The highest BCUT2D eigenvalue weighted by Gasteiger charge is 2.31. The highest BCUT2D eigenvalue weighted by atomic mass is 16.5. The molecule has 1 unspecified atom stereocenters. The fraction of sp³-hybridized carbons (Fsp3) is 0.250. The Morgan fingerprint density at radius 1 is 1.21 bits per heavy atom. The molecule has 0 saturated carbocycles. The van der Waals surface area contributed by atoms with Crippen molar-refractivity contribution in [3.63, 3.8) is 0 Å². The molecule has 3 N–H and O–H groups in total. The number of benzene rings is 1. The molecular formula is C20H20N6O2. The molecule has 0 bridgehead atoms. The molecule has 8 heteroatoms. The molecule has 0 radical (unpaired) electrons. The lowest BCUT2D eigenvalue weighted by molar-refractivity contribution is 0.0922. The molecule has 0 fully saturated rings. The monoisotopic (exact) mass is 376 g/mol. The predicted molar refractivity (Wildman–Crippen MR) is 104 cm³/mol. The summed E-state index contributed by atoms with van der Waals surface area (Å²) in [5, 5.41) is 3.08. The first-order valence-electron chi connectivity index (χ1n) is 9.02. The van der Waals surface area contributed by atoms with Gasteiger partial charge in [-0.2, -0.15) is 0 Å². The number of ether oxygens (including phenoxy) is 1. The Kier molecular flexibility index (Phi) is 4.60. The standard InChI is InChI=1S/C20H20N6O2/c1-3-13-18-15(26-20(21)25-13)8-14(24-19(18)27)11-6-4-5-7-12(11)16-9-22-10-17(23-16)28-2/h4-7,9-10,14H,3,8H2,1-2H3,(H,24,27)(H2,21,25,26). The van der Waals surface area contributed by atoms with E-state index in [0.29, 0.717) is 41.4 Å². The molecule has 4 rings (SSSR count). The Morgan fingerprint density at radius 2 is 2.04 bits per heavy atom. The van der Waals surface area contributed by atoms with Gasteiger partial charge < -0.3 is 15.8 Å². The number of carbonyl (C=O) groups excluding carboxylic acids is 1. The number of nitrogen functional groups attached to an aromatic ring is 1. The molecule has 0 aliphatic carbocycles. The normalized spacial score (nSPS) is 15.6. The molecule has 1 atom stereocenters. The fourth-order valence-electron chi connectivity index (χ4n) is 3.52. The number of rotatable bonds is 4. The lowest BCUT2D eigenvalue weighted by Gasteiger charge is -2.28. The second-order valence-electron chi connectivity index (χ2n) is 6.47. The summed E-state index contributed by atoms with van der Waals surface area (Å²) < 4.78 is 5.19. The zero-order chi connectivity index (χ0) is 19.7. The number of hydrogen-bond acceptors (Lipinski definition) is 7. The summed E-state index contributed by atoms with van der Waals surface area (Å²) in [6.07, 6.45) is 4.37. The minimum absolute atomic E-state index is 0.186. The van der Waals surface area contributed by atoms with Gasteiger partial charge in [0.05, 0.1) is 48.2 Å². The lowest BCUT2D eigenvalue weighted by Crippen LogP contribution is -2.37. The molecule has 0 spiro atoms. The first-order chi connectivity index (χ1) is 13.6. The van der Waals surface area contributed by atoms with Gasteiger partial charge in [0, 0.05) is 12.0 Å². The molecule has 1 aliphatic heterocycles. The number of anilines is 1. The van der Waals surface area contributed by atoms with E-state index >= 15 is 0 Å². The third-order valence-electron chi connectivity index (χ3n) is 4.77. The number of aryl methyl sites for hydroxylation is 1. The minimum Gasteiger partial charge on any atom is -0.480 e. The number of aromatic nitrogens is 4. The van der Waals surface area contributed by atoms with Gasteiger partial charge >= 0.3 is 0 Å². The molecule has 2 aromatic heterocycles. The van der Waals surface area contributed by atoms with Gasteiger partial charge in [-0.1, -0.05) is 31.2 Å². The van der Waals surface area contributed by atoms with Crippen molar-refractivity contribution in [1.82, 2.24) is 25.3 Å². The van der Waals surface area contributed by atoms with Crippen molar-refractivity contribution in [1.29, 1.82) is 0 Å². The Bertz CT molecular complexity index is 1050. The van der Waals surface area contributed by atoms with Crippen LogP contribution in [0.5, 0.6) is 5.88 Å². The Labute approximate surface area is 162 Å². The molecule has 1 amide bonds. The molecule has 1 aliphatic rings. The van der Waals surface area contributed by atoms with Crippen molar-refractivity contribution in [2.75, 3.05) is 12.8 Å². The van der Waals surface area contributed by atoms with Gasteiger partial charge in [-0.15, -0.1) is 0 Å². The van der Waals surface area contributed by atoms with Crippen LogP contribution in [0.3, 0.4) is 0 Å². The summed E-state index contributed by atoms with van der Waals surface area (Å²) in [6, 6.07) is 7.51. The van der Waals surface area contributed by atoms with Gasteiger partial charge in [0.2, 0.25) is 11.8 Å². The average molecular weight is 376 g/mol. The zero-order valence-corrected chi connectivity index (χ0v) is 15.6. The van der Waals surface area contributed by atoms with Crippen molar-refractivity contribution in [3.8, 4) is 17.1 Å². The van der Waals surface area contributed by atoms with Gasteiger partial charge in [0.1, 0.15) is 0 Å². The second-order valence-corrected chi connectivity index (χ2v) is 6.47. The van der Waals surface area contributed by atoms with E-state index in [0.717, 1.165) is 11.1 Å². The zero-order valence-electron chi connectivity index (χ0n) is 15.6. The largest absolute Gasteiger partial charge is 0.480 e. The van der Waals surface area contributed by atoms with Crippen molar-refractivity contribution in [2.45, 2.75) is 25.8 Å². The SMILES string of the molecule is CCc1nc(N)nc2c1C(=O)NC(c1ccccc1-c1cncc(OC)n1)C2. The summed E-state index contributed by atoms with van der Waals surface area (Å²) in [5.74, 6) is 0.434. The number of nitrogens with two attached hydrogens (primary N) is 1. The Balaban J connectivity index is 1.77. The topological polar surface area (TPSA) is 116 Å². The summed E-state index contributed by atoms with van der Waals surface area (Å²) in [7, 11) is 1.55. The van der Waals surface area contributed by atoms with Crippen LogP contribution in [0.15, 0.2) is 36.7 Å².